The Morgan fingerprint density at radius 2 is 1.46 bits per heavy atom. The number of carboxylic acid groups (broad SMARTS) is 2. The molecule has 0 saturated carbocycles. The van der Waals surface area contributed by atoms with E-state index in [4.69, 9.17) is 26.2 Å². The number of hydrogen-bond acceptors (Lipinski definition) is 6. The highest BCUT2D eigenvalue weighted by Crippen LogP contribution is 2.24. The summed E-state index contributed by atoms with van der Waals surface area (Å²) in [5.74, 6) is -3.55. The van der Waals surface area contributed by atoms with Gasteiger partial charge in [0, 0.05) is 12.2 Å². The van der Waals surface area contributed by atoms with Crippen LogP contribution in [0.2, 0.25) is 0 Å². The van der Waals surface area contributed by atoms with Gasteiger partial charge >= 0.3 is 11.9 Å². The molecule has 6 N–H and O–H groups in total. The van der Waals surface area contributed by atoms with Crippen LogP contribution in [0.15, 0.2) is 18.2 Å². The van der Waals surface area contributed by atoms with E-state index in [0.29, 0.717) is 0 Å². The van der Waals surface area contributed by atoms with Gasteiger partial charge in [-0.1, -0.05) is 25.1 Å². The summed E-state index contributed by atoms with van der Waals surface area (Å²) in [7, 11) is 0. The van der Waals surface area contributed by atoms with Crippen LogP contribution in [-0.4, -0.2) is 63.6 Å². The number of hydrogen-bond donors (Lipinski definition) is 5. The van der Waals surface area contributed by atoms with E-state index in [-0.39, 0.29) is 12.5 Å². The fraction of sp³-hybridized carbons (Fsp3) is 0.471. The van der Waals surface area contributed by atoms with Crippen molar-refractivity contribution in [1.29, 1.82) is 0 Å². The Labute approximate surface area is 151 Å². The second-order valence-corrected chi connectivity index (χ2v) is 5.56. The highest BCUT2D eigenvalue weighted by atomic mass is 16.4. The van der Waals surface area contributed by atoms with Gasteiger partial charge in [-0.3, -0.25) is 4.79 Å². The summed E-state index contributed by atoms with van der Waals surface area (Å²) < 4.78 is 0. The number of nitrogens with two attached hydrogens (primary N) is 1. The van der Waals surface area contributed by atoms with Crippen LogP contribution in [-0.2, 0) is 14.4 Å². The Kier molecular flexibility index (Phi) is 10.1. The first kappa shape index (κ1) is 23.5. The highest BCUT2D eigenvalue weighted by Gasteiger charge is 2.29. The lowest BCUT2D eigenvalue weighted by molar-refractivity contribution is -0.165. The molecule has 0 aliphatic heterocycles. The molecule has 0 bridgehead atoms. The summed E-state index contributed by atoms with van der Waals surface area (Å²) >= 11 is 0. The van der Waals surface area contributed by atoms with Crippen molar-refractivity contribution in [1.82, 2.24) is 0 Å². The number of para-hydroxylation sites is 1. The van der Waals surface area contributed by atoms with Gasteiger partial charge in [0.25, 0.3) is 0 Å². The van der Waals surface area contributed by atoms with Crippen molar-refractivity contribution in [2.24, 2.45) is 5.73 Å². The molecule has 2 unspecified atom stereocenters. The van der Waals surface area contributed by atoms with Gasteiger partial charge < -0.3 is 31.1 Å². The topological polar surface area (TPSA) is 161 Å². The van der Waals surface area contributed by atoms with Crippen molar-refractivity contribution in [2.75, 3.05) is 18.0 Å². The molecule has 1 rings (SSSR count). The summed E-state index contributed by atoms with van der Waals surface area (Å²) in [6.07, 6.45) is -3.60. The zero-order valence-electron chi connectivity index (χ0n) is 15.0. The number of aryl methyl sites for hydroxylation is 2. The molecule has 1 amide bonds. The van der Waals surface area contributed by atoms with Crippen LogP contribution < -0.4 is 10.6 Å². The molecule has 0 heterocycles. The number of carbonyl (C=O) groups excluding carboxylic acids is 1. The van der Waals surface area contributed by atoms with Crippen LogP contribution in [0.25, 0.3) is 0 Å². The zero-order chi connectivity index (χ0) is 20.4. The molecule has 1 aromatic rings. The first-order chi connectivity index (χ1) is 12.1. The molecule has 146 valence electrons. The number of benzene rings is 1. The lowest BCUT2D eigenvalue weighted by Crippen LogP contribution is -2.39. The Morgan fingerprint density at radius 1 is 1.04 bits per heavy atom. The standard InChI is InChI=1S/C13H20N2O.C4H6O6/c1-4-8-15(12(16)9-14)13-10(2)6-5-7-11(13)3;5-1(3(7)8)2(6)4(9)10/h5-7H,4,8-9,14H2,1-3H3;1-2,5-6H,(H,7,8)(H,9,10). The number of nitrogens with zero attached hydrogens (tertiary/aromatic N) is 1. The van der Waals surface area contributed by atoms with Crippen molar-refractivity contribution < 1.29 is 34.8 Å². The molecule has 0 radical (unpaired) electrons. The number of aliphatic hydroxyl groups excluding tert-OH is 2. The van der Waals surface area contributed by atoms with Gasteiger partial charge in [-0.15, -0.1) is 0 Å². The third-order valence-corrected chi connectivity index (χ3v) is 3.44. The van der Waals surface area contributed by atoms with Gasteiger partial charge in [0.15, 0.2) is 12.2 Å². The van der Waals surface area contributed by atoms with E-state index in [1.165, 1.54) is 0 Å². The van der Waals surface area contributed by atoms with Gasteiger partial charge in [0.1, 0.15) is 0 Å². The van der Waals surface area contributed by atoms with Gasteiger partial charge in [0.05, 0.1) is 6.54 Å². The van der Waals surface area contributed by atoms with E-state index >= 15 is 0 Å². The molecule has 1 aromatic carbocycles. The number of rotatable bonds is 7. The fourth-order valence-corrected chi connectivity index (χ4v) is 2.20. The van der Waals surface area contributed by atoms with Crippen molar-refractivity contribution in [2.45, 2.75) is 39.4 Å². The molecule has 0 fully saturated rings. The van der Waals surface area contributed by atoms with Crippen LogP contribution in [0.3, 0.4) is 0 Å². The molecule has 2 atom stereocenters. The maximum atomic E-state index is 11.8. The van der Waals surface area contributed by atoms with Crippen molar-refractivity contribution in [3.63, 3.8) is 0 Å². The molecule has 0 aromatic heterocycles. The van der Waals surface area contributed by atoms with Crippen LogP contribution in [0, 0.1) is 13.8 Å². The molecule has 0 spiro atoms. The maximum absolute atomic E-state index is 11.8. The Bertz CT molecular complexity index is 595. The van der Waals surface area contributed by atoms with Crippen LogP contribution in [0.1, 0.15) is 24.5 Å². The maximum Gasteiger partial charge on any atom is 0.335 e. The van der Waals surface area contributed by atoms with Gasteiger partial charge in [0.2, 0.25) is 5.91 Å². The molecule has 0 aliphatic rings. The average molecular weight is 370 g/mol. The van der Waals surface area contributed by atoms with Crippen molar-refractivity contribution in [3.05, 3.63) is 29.3 Å². The van der Waals surface area contributed by atoms with Crippen molar-refractivity contribution >= 4 is 23.5 Å². The molecule has 26 heavy (non-hydrogen) atoms. The molecular weight excluding hydrogens is 344 g/mol. The van der Waals surface area contributed by atoms with Crippen LogP contribution in [0.5, 0.6) is 0 Å². The van der Waals surface area contributed by atoms with E-state index in [9.17, 15) is 14.4 Å². The van der Waals surface area contributed by atoms with E-state index in [2.05, 4.69) is 6.92 Å². The predicted octanol–water partition coefficient (Wildman–Crippen LogP) is -0.117. The van der Waals surface area contributed by atoms with Gasteiger partial charge in [-0.25, -0.2) is 9.59 Å². The normalized spacial score (nSPS) is 12.4. The SMILES string of the molecule is CCCN(C(=O)CN)c1c(C)cccc1C.O=C(O)C(O)C(O)C(=O)O. The van der Waals surface area contributed by atoms with Crippen LogP contribution in [0.4, 0.5) is 5.69 Å². The number of anilines is 1. The predicted molar refractivity (Wildman–Crippen MR) is 94.9 cm³/mol. The van der Waals surface area contributed by atoms with Crippen LogP contribution >= 0.6 is 0 Å². The number of carboxylic acids is 2. The second kappa shape index (κ2) is 11.2. The number of aliphatic carboxylic acids is 2. The lowest BCUT2D eigenvalue weighted by atomic mass is 10.1. The first-order valence-electron chi connectivity index (χ1n) is 7.96. The summed E-state index contributed by atoms with van der Waals surface area (Å²) in [5.41, 5.74) is 8.70. The highest BCUT2D eigenvalue weighted by molar-refractivity contribution is 5.96. The molecule has 0 saturated heterocycles. The zero-order valence-corrected chi connectivity index (χ0v) is 15.0. The number of amides is 1. The molecular formula is C17H26N2O7. The third kappa shape index (κ3) is 6.79. The van der Waals surface area contributed by atoms with E-state index in [0.717, 1.165) is 29.8 Å². The Balaban J connectivity index is 0.000000541. The molecule has 9 nitrogen and oxygen atoms in total. The van der Waals surface area contributed by atoms with E-state index in [1.807, 2.05) is 32.0 Å². The average Bonchev–Trinajstić information content (AvgIpc) is 2.59. The minimum absolute atomic E-state index is 0.0146. The third-order valence-electron chi connectivity index (χ3n) is 3.44. The van der Waals surface area contributed by atoms with Crippen molar-refractivity contribution in [3.8, 4) is 0 Å². The molecule has 0 aliphatic carbocycles. The summed E-state index contributed by atoms with van der Waals surface area (Å²) in [6.45, 7) is 6.89. The minimum atomic E-state index is -2.27. The lowest BCUT2D eigenvalue weighted by Gasteiger charge is -2.25. The monoisotopic (exact) mass is 370 g/mol. The van der Waals surface area contributed by atoms with E-state index < -0.39 is 24.1 Å². The largest absolute Gasteiger partial charge is 0.479 e. The van der Waals surface area contributed by atoms with Gasteiger partial charge in [-0.2, -0.15) is 0 Å². The summed E-state index contributed by atoms with van der Waals surface area (Å²) in [5, 5.41) is 32.5. The molecule has 9 heteroatoms. The minimum Gasteiger partial charge on any atom is -0.479 e. The fourth-order valence-electron chi connectivity index (χ4n) is 2.20. The smallest absolute Gasteiger partial charge is 0.335 e. The summed E-state index contributed by atoms with van der Waals surface area (Å²) in [6, 6.07) is 6.05. The first-order valence-corrected chi connectivity index (χ1v) is 7.96. The summed E-state index contributed by atoms with van der Waals surface area (Å²) in [4.78, 5) is 33.1. The Hall–Kier alpha value is -2.49. The Morgan fingerprint density at radius 3 is 1.77 bits per heavy atom. The van der Waals surface area contributed by atoms with E-state index in [1.54, 1.807) is 4.90 Å². The van der Waals surface area contributed by atoms with Gasteiger partial charge in [-0.05, 0) is 31.4 Å². The quantitative estimate of drug-likeness (QED) is 0.444. The number of aliphatic hydroxyl groups is 2. The second-order valence-electron chi connectivity index (χ2n) is 5.56. The number of carbonyl (C=O) groups is 3.